The molecule has 1 unspecified atom stereocenters. The van der Waals surface area contributed by atoms with Crippen molar-refractivity contribution in [3.63, 3.8) is 0 Å². The molecule has 2 amide bonds. The average molecular weight is 296 g/mol. The zero-order chi connectivity index (χ0) is 12.3. The van der Waals surface area contributed by atoms with E-state index in [2.05, 4.69) is 5.43 Å². The van der Waals surface area contributed by atoms with Crippen molar-refractivity contribution >= 4 is 17.5 Å². The van der Waals surface area contributed by atoms with Crippen LogP contribution in [0.4, 0.5) is 5.69 Å². The summed E-state index contributed by atoms with van der Waals surface area (Å²) in [6, 6.07) is 9.17. The number of anilines is 1. The molecule has 1 atom stereocenters. The van der Waals surface area contributed by atoms with Crippen LogP contribution in [0.2, 0.25) is 0 Å². The number of hydrogen-bond donors (Lipinski definition) is 1. The van der Waals surface area contributed by atoms with Crippen LogP contribution in [0.1, 0.15) is 26.2 Å². The largest absolute Gasteiger partial charge is 0.272 e. The van der Waals surface area contributed by atoms with Gasteiger partial charge in [-0.1, -0.05) is 38.0 Å². The Morgan fingerprint density at radius 2 is 1.89 bits per heavy atom. The van der Waals surface area contributed by atoms with Gasteiger partial charge >= 0.3 is 0 Å². The van der Waals surface area contributed by atoms with E-state index in [1.54, 1.807) is 12.1 Å². The number of carbonyl (C=O) groups excluding carboxylic acids is 2. The van der Waals surface area contributed by atoms with Crippen molar-refractivity contribution in [3.8, 4) is 0 Å². The van der Waals surface area contributed by atoms with Crippen molar-refractivity contribution in [2.75, 3.05) is 5.01 Å². The minimum absolute atomic E-state index is 0. The van der Waals surface area contributed by atoms with E-state index in [1.165, 1.54) is 5.01 Å². The Morgan fingerprint density at radius 1 is 1.22 bits per heavy atom. The van der Waals surface area contributed by atoms with Crippen LogP contribution in [0.15, 0.2) is 30.3 Å². The van der Waals surface area contributed by atoms with Gasteiger partial charge in [0.2, 0.25) is 0 Å². The van der Waals surface area contributed by atoms with Gasteiger partial charge in [0.1, 0.15) is 5.92 Å². The van der Waals surface area contributed by atoms with Crippen molar-refractivity contribution in [2.45, 2.75) is 26.2 Å². The Hall–Kier alpha value is -1.32. The summed E-state index contributed by atoms with van der Waals surface area (Å²) in [5.74, 6) is -0.850. The molecule has 1 aromatic carbocycles. The number of nitrogens with zero attached hydrogens (tertiary/aromatic N) is 1. The van der Waals surface area contributed by atoms with Crippen LogP contribution in [0.25, 0.3) is 0 Å². The SMILES string of the molecule is CCCCC1C(=O)NN(c2ccccc2)C1=O.[Cu]. The fraction of sp³-hybridized carbons (Fsp3) is 0.385. The molecular formula is C13H16CuN2O2. The van der Waals surface area contributed by atoms with Crippen LogP contribution >= 0.6 is 0 Å². The smallest absolute Gasteiger partial charge is 0.258 e. The summed E-state index contributed by atoms with van der Waals surface area (Å²) in [7, 11) is 0. The standard InChI is InChI=1S/C13H16N2O2.Cu/c1-2-3-9-11-12(16)14-15(13(11)17)10-7-5-4-6-8-10;/h4-8,11H,2-3,9H2,1H3,(H,14,16);. The van der Waals surface area contributed by atoms with Gasteiger partial charge in [-0.05, 0) is 18.6 Å². The van der Waals surface area contributed by atoms with E-state index in [4.69, 9.17) is 0 Å². The zero-order valence-electron chi connectivity index (χ0n) is 10.2. The maximum atomic E-state index is 12.1. The summed E-state index contributed by atoms with van der Waals surface area (Å²) in [5.41, 5.74) is 3.34. The summed E-state index contributed by atoms with van der Waals surface area (Å²) in [5, 5.41) is 1.35. The van der Waals surface area contributed by atoms with Gasteiger partial charge in [0, 0.05) is 17.1 Å². The third-order valence-electron chi connectivity index (χ3n) is 2.92. The monoisotopic (exact) mass is 295 g/mol. The van der Waals surface area contributed by atoms with Gasteiger partial charge in [-0.25, -0.2) is 5.01 Å². The summed E-state index contributed by atoms with van der Waals surface area (Å²) in [6.07, 6.45) is 2.51. The van der Waals surface area contributed by atoms with E-state index in [1.807, 2.05) is 25.1 Å². The van der Waals surface area contributed by atoms with Crippen molar-refractivity contribution in [1.29, 1.82) is 0 Å². The fourth-order valence-corrected chi connectivity index (χ4v) is 1.94. The molecule has 1 saturated heterocycles. The maximum absolute atomic E-state index is 12.1. The van der Waals surface area contributed by atoms with E-state index in [9.17, 15) is 9.59 Å². The van der Waals surface area contributed by atoms with Gasteiger partial charge in [-0.15, -0.1) is 0 Å². The first-order chi connectivity index (χ1) is 8.24. The van der Waals surface area contributed by atoms with Gasteiger partial charge in [0.25, 0.3) is 11.8 Å². The number of carbonyl (C=O) groups is 2. The van der Waals surface area contributed by atoms with Gasteiger partial charge in [-0.2, -0.15) is 0 Å². The molecule has 0 aromatic heterocycles. The molecule has 1 fully saturated rings. The first kappa shape index (κ1) is 14.7. The quantitative estimate of drug-likeness (QED) is 0.681. The van der Waals surface area contributed by atoms with Crippen molar-refractivity contribution in [3.05, 3.63) is 30.3 Å². The Kier molecular flexibility index (Phi) is 5.38. The minimum atomic E-state index is -0.518. The number of rotatable bonds is 4. The molecule has 1 aliphatic rings. The van der Waals surface area contributed by atoms with Gasteiger partial charge in [-0.3, -0.25) is 15.0 Å². The molecule has 0 spiro atoms. The van der Waals surface area contributed by atoms with E-state index < -0.39 is 5.92 Å². The van der Waals surface area contributed by atoms with Crippen LogP contribution in [0.5, 0.6) is 0 Å². The molecule has 1 N–H and O–H groups in total. The van der Waals surface area contributed by atoms with E-state index in [0.717, 1.165) is 12.8 Å². The molecule has 18 heavy (non-hydrogen) atoms. The van der Waals surface area contributed by atoms with Gasteiger partial charge in [0.15, 0.2) is 0 Å². The molecule has 0 aliphatic carbocycles. The molecule has 1 aliphatic heterocycles. The van der Waals surface area contributed by atoms with Crippen LogP contribution in [0.3, 0.4) is 0 Å². The van der Waals surface area contributed by atoms with Crippen LogP contribution in [-0.2, 0) is 26.7 Å². The third kappa shape index (κ3) is 2.92. The second kappa shape index (κ2) is 6.57. The molecule has 1 heterocycles. The molecule has 5 heteroatoms. The minimum Gasteiger partial charge on any atom is -0.272 e. The van der Waals surface area contributed by atoms with Crippen molar-refractivity contribution in [2.24, 2.45) is 5.92 Å². The fourth-order valence-electron chi connectivity index (χ4n) is 1.94. The number of hydrazine groups is 1. The number of benzene rings is 1. The van der Waals surface area contributed by atoms with Crippen molar-refractivity contribution < 1.29 is 26.7 Å². The van der Waals surface area contributed by atoms with Crippen LogP contribution < -0.4 is 10.4 Å². The maximum Gasteiger partial charge on any atom is 0.258 e. The average Bonchev–Trinajstić information content (AvgIpc) is 2.64. The molecule has 1 aromatic rings. The number of para-hydroxylation sites is 1. The van der Waals surface area contributed by atoms with Gasteiger partial charge in [0.05, 0.1) is 5.69 Å². The second-order valence-corrected chi connectivity index (χ2v) is 4.18. The molecule has 0 saturated carbocycles. The van der Waals surface area contributed by atoms with E-state index in [-0.39, 0.29) is 28.9 Å². The first-order valence-corrected chi connectivity index (χ1v) is 5.93. The number of amides is 2. The summed E-state index contributed by atoms with van der Waals surface area (Å²) in [6.45, 7) is 2.05. The Labute approximate surface area is 117 Å². The van der Waals surface area contributed by atoms with Crippen LogP contribution in [0, 0.1) is 5.92 Å². The normalized spacial score (nSPS) is 18.5. The predicted octanol–water partition coefficient (Wildman–Crippen LogP) is 1.87. The first-order valence-electron chi connectivity index (χ1n) is 5.93. The number of nitrogens with one attached hydrogen (secondary N) is 1. The molecule has 101 valence electrons. The van der Waals surface area contributed by atoms with Gasteiger partial charge < -0.3 is 0 Å². The summed E-state index contributed by atoms with van der Waals surface area (Å²) in [4.78, 5) is 23.8. The molecule has 1 radical (unpaired) electrons. The van der Waals surface area contributed by atoms with Crippen molar-refractivity contribution in [1.82, 2.24) is 5.43 Å². The predicted molar refractivity (Wildman–Crippen MR) is 65.1 cm³/mol. The zero-order valence-corrected chi connectivity index (χ0v) is 11.1. The Balaban J connectivity index is 0.00000162. The Morgan fingerprint density at radius 3 is 2.50 bits per heavy atom. The second-order valence-electron chi connectivity index (χ2n) is 4.18. The summed E-state index contributed by atoms with van der Waals surface area (Å²) >= 11 is 0. The topological polar surface area (TPSA) is 49.4 Å². The van der Waals surface area contributed by atoms with E-state index in [0.29, 0.717) is 12.1 Å². The summed E-state index contributed by atoms with van der Waals surface area (Å²) < 4.78 is 0. The Bertz CT molecular complexity index is 422. The molecule has 0 bridgehead atoms. The van der Waals surface area contributed by atoms with Crippen LogP contribution in [-0.4, -0.2) is 11.8 Å². The van der Waals surface area contributed by atoms with E-state index >= 15 is 0 Å². The number of hydrogen-bond acceptors (Lipinski definition) is 2. The molecule has 2 rings (SSSR count). The molecular weight excluding hydrogens is 280 g/mol. The third-order valence-corrected chi connectivity index (χ3v) is 2.92. The number of unbranched alkanes of at least 4 members (excludes halogenated alkanes) is 1. The molecule has 4 nitrogen and oxygen atoms in total.